The van der Waals surface area contributed by atoms with E-state index in [2.05, 4.69) is 190 Å². The molecule has 2 aromatic heterocycles. The SMILES string of the molecule is C1=CCCC(C2=NC(c3ccc4c(-n5c6c(c7cc8ccccc8cc75)C=CC(n5c7c(c8c5CCC=C8)CC5C=CC=CC5=C7)C6)cccc4c3)NC(c3ccccc3)=N2)=C1. The number of aromatic nitrogens is 2. The molecule has 5 heteroatoms. The van der Waals surface area contributed by atoms with Crippen LogP contribution in [0.2, 0.25) is 0 Å². The molecule has 0 fully saturated rings. The van der Waals surface area contributed by atoms with Crippen molar-refractivity contribution in [3.05, 3.63) is 214 Å². The molecule has 0 spiro atoms. The van der Waals surface area contributed by atoms with Crippen LogP contribution in [-0.4, -0.2) is 20.8 Å². The van der Waals surface area contributed by atoms with Crippen molar-refractivity contribution in [2.45, 2.75) is 50.7 Å². The maximum Gasteiger partial charge on any atom is 0.155 e. The molecular weight excluding hydrogens is 755 g/mol. The number of nitrogens with one attached hydrogen (secondary N) is 1. The maximum absolute atomic E-state index is 5.26. The zero-order valence-corrected chi connectivity index (χ0v) is 34.5. The highest BCUT2D eigenvalue weighted by Crippen LogP contribution is 2.45. The Morgan fingerprint density at radius 1 is 0.661 bits per heavy atom. The smallest absolute Gasteiger partial charge is 0.155 e. The van der Waals surface area contributed by atoms with Crippen molar-refractivity contribution < 1.29 is 0 Å². The minimum atomic E-state index is -0.270. The van der Waals surface area contributed by atoms with Crippen molar-refractivity contribution in [1.29, 1.82) is 0 Å². The van der Waals surface area contributed by atoms with Gasteiger partial charge in [-0.3, -0.25) is 0 Å². The Bertz CT molecular complexity index is 3330. The number of benzene rings is 5. The topological polar surface area (TPSA) is 46.6 Å². The van der Waals surface area contributed by atoms with E-state index in [0.29, 0.717) is 5.92 Å². The molecule has 5 aliphatic carbocycles. The van der Waals surface area contributed by atoms with Gasteiger partial charge in [0.1, 0.15) is 12.0 Å². The first-order valence-electron chi connectivity index (χ1n) is 22.3. The van der Waals surface area contributed by atoms with E-state index in [1.807, 2.05) is 0 Å². The molecule has 0 bridgehead atoms. The molecule has 13 rings (SSSR count). The van der Waals surface area contributed by atoms with E-state index in [9.17, 15) is 0 Å². The summed E-state index contributed by atoms with van der Waals surface area (Å²) < 4.78 is 5.31. The van der Waals surface area contributed by atoms with Gasteiger partial charge in [0.05, 0.1) is 17.2 Å². The van der Waals surface area contributed by atoms with E-state index in [4.69, 9.17) is 9.98 Å². The van der Waals surface area contributed by atoms with Crippen LogP contribution in [-0.2, 0) is 19.3 Å². The van der Waals surface area contributed by atoms with Crippen molar-refractivity contribution >= 4 is 62.3 Å². The molecule has 0 amide bonds. The Morgan fingerprint density at radius 2 is 1.53 bits per heavy atom. The van der Waals surface area contributed by atoms with Crippen LogP contribution >= 0.6 is 0 Å². The van der Waals surface area contributed by atoms with Gasteiger partial charge in [-0.25, -0.2) is 9.98 Å². The lowest BCUT2D eigenvalue weighted by atomic mass is 9.82. The van der Waals surface area contributed by atoms with Gasteiger partial charge >= 0.3 is 0 Å². The molecule has 298 valence electrons. The average molecular weight is 800 g/mol. The van der Waals surface area contributed by atoms with Gasteiger partial charge in [0.25, 0.3) is 0 Å². The summed E-state index contributed by atoms with van der Waals surface area (Å²) in [5, 5.41) is 9.95. The second-order valence-electron chi connectivity index (χ2n) is 17.5. The standard InChI is InChI=1S/C57H45N5/c1-3-14-36(15-4-1)55-58-56(37-16-5-2-6-17-37)60-57(59-55)43-26-28-45-42(30-43)22-13-25-50(45)62-53-34-41-21-10-8-19-39(41)32-49(53)47-29-27-44(35-54(47)62)61-51-24-12-11-23-46(51)48-31-38-18-7-9-20-40(38)33-52(48)61/h1-5,7-11,13-16,18-23,25-30,32-34,38,44,57H,6,12,17,24,31,35H2,(H,58,59,60). The largest absolute Gasteiger partial charge is 0.344 e. The van der Waals surface area contributed by atoms with E-state index in [0.717, 1.165) is 61.3 Å². The van der Waals surface area contributed by atoms with Crippen molar-refractivity contribution in [2.75, 3.05) is 0 Å². The number of aliphatic imine (C=N–C) groups is 2. The van der Waals surface area contributed by atoms with Crippen molar-refractivity contribution in [1.82, 2.24) is 14.5 Å². The second-order valence-corrected chi connectivity index (χ2v) is 17.5. The van der Waals surface area contributed by atoms with Crippen LogP contribution in [0.1, 0.15) is 76.4 Å². The molecule has 6 aliphatic rings. The summed E-state index contributed by atoms with van der Waals surface area (Å²) >= 11 is 0. The second kappa shape index (κ2) is 14.2. The number of hydrogen-bond donors (Lipinski definition) is 1. The number of amidine groups is 2. The molecule has 5 nitrogen and oxygen atoms in total. The van der Waals surface area contributed by atoms with Crippen LogP contribution in [0, 0.1) is 5.92 Å². The van der Waals surface area contributed by atoms with E-state index in [1.165, 1.54) is 83.1 Å². The first-order valence-corrected chi connectivity index (χ1v) is 22.3. The molecule has 7 aromatic rings. The minimum Gasteiger partial charge on any atom is -0.344 e. The number of hydrogen-bond acceptors (Lipinski definition) is 3. The van der Waals surface area contributed by atoms with Crippen LogP contribution < -0.4 is 5.32 Å². The van der Waals surface area contributed by atoms with Gasteiger partial charge in [0.15, 0.2) is 5.84 Å². The summed E-state index contributed by atoms with van der Waals surface area (Å²) in [6, 6.07) is 38.0. The predicted molar refractivity (Wildman–Crippen MR) is 258 cm³/mol. The van der Waals surface area contributed by atoms with Gasteiger partial charge in [-0.1, -0.05) is 146 Å². The fourth-order valence-corrected chi connectivity index (χ4v) is 11.0. The van der Waals surface area contributed by atoms with Gasteiger partial charge in [-0.15, -0.1) is 0 Å². The van der Waals surface area contributed by atoms with Gasteiger partial charge in [0.2, 0.25) is 0 Å². The van der Waals surface area contributed by atoms with Crippen molar-refractivity contribution in [3.8, 4) is 5.69 Å². The molecule has 1 aliphatic heterocycles. The predicted octanol–water partition coefficient (Wildman–Crippen LogP) is 12.9. The zero-order valence-electron chi connectivity index (χ0n) is 34.5. The lowest BCUT2D eigenvalue weighted by molar-refractivity contribution is 0.556. The highest BCUT2D eigenvalue weighted by atomic mass is 15.2. The van der Waals surface area contributed by atoms with Gasteiger partial charge in [0, 0.05) is 51.3 Å². The molecule has 3 atom stereocenters. The molecule has 62 heavy (non-hydrogen) atoms. The third-order valence-corrected chi connectivity index (χ3v) is 14.0. The molecule has 5 aromatic carbocycles. The number of fused-ring (bicyclic) bond motifs is 9. The van der Waals surface area contributed by atoms with Gasteiger partial charge in [-0.05, 0) is 106 Å². The zero-order chi connectivity index (χ0) is 40.7. The monoisotopic (exact) mass is 799 g/mol. The molecular formula is C57H45N5. The van der Waals surface area contributed by atoms with E-state index in [-0.39, 0.29) is 12.2 Å². The lowest BCUT2D eigenvalue weighted by Gasteiger charge is -2.28. The first kappa shape index (κ1) is 35.5. The van der Waals surface area contributed by atoms with Crippen LogP contribution in [0.4, 0.5) is 0 Å². The Labute approximate surface area is 361 Å². The molecule has 0 saturated heterocycles. The van der Waals surface area contributed by atoms with E-state index in [1.54, 1.807) is 0 Å². The maximum atomic E-state index is 5.26. The first-order chi connectivity index (χ1) is 30.7. The fraction of sp³-hybridized carbons (Fsp3) is 0.158. The lowest BCUT2D eigenvalue weighted by Crippen LogP contribution is -2.33. The van der Waals surface area contributed by atoms with Crippen molar-refractivity contribution in [2.24, 2.45) is 15.9 Å². The minimum absolute atomic E-state index is 0.196. The number of nitrogens with zero attached hydrogens (tertiary/aromatic N) is 4. The summed E-state index contributed by atoms with van der Waals surface area (Å²) in [5.74, 6) is 2.12. The Balaban J connectivity index is 0.953. The quantitative estimate of drug-likeness (QED) is 0.185. The third-order valence-electron chi connectivity index (χ3n) is 14.0. The summed E-state index contributed by atoms with van der Waals surface area (Å²) in [7, 11) is 0. The summed E-state index contributed by atoms with van der Waals surface area (Å²) in [5.41, 5.74) is 15.8. The van der Waals surface area contributed by atoms with Crippen LogP contribution in [0.25, 0.3) is 56.4 Å². The van der Waals surface area contributed by atoms with Gasteiger partial charge < -0.3 is 14.5 Å². The van der Waals surface area contributed by atoms with Crippen LogP contribution in [0.15, 0.2) is 179 Å². The molecule has 3 heterocycles. The fourth-order valence-electron chi connectivity index (χ4n) is 11.0. The Kier molecular flexibility index (Phi) is 8.12. The summed E-state index contributed by atoms with van der Waals surface area (Å²) in [6.07, 6.45) is 33.6. The van der Waals surface area contributed by atoms with Crippen LogP contribution in [0.3, 0.4) is 0 Å². The van der Waals surface area contributed by atoms with E-state index < -0.39 is 0 Å². The molecule has 1 N–H and O–H groups in total. The highest BCUT2D eigenvalue weighted by molar-refractivity contribution is 6.13. The number of allylic oxidation sites excluding steroid dienone is 10. The normalized spacial score (nSPS) is 20.9. The Hall–Kier alpha value is -7.24. The summed E-state index contributed by atoms with van der Waals surface area (Å²) in [6.45, 7) is 0. The van der Waals surface area contributed by atoms with Gasteiger partial charge in [-0.2, -0.15) is 0 Å². The van der Waals surface area contributed by atoms with Crippen molar-refractivity contribution in [3.63, 3.8) is 0 Å². The summed E-state index contributed by atoms with van der Waals surface area (Å²) in [4.78, 5) is 10.3. The number of rotatable bonds is 5. The molecule has 0 radical (unpaired) electrons. The van der Waals surface area contributed by atoms with Crippen LogP contribution in [0.5, 0.6) is 0 Å². The molecule has 3 unspecified atom stereocenters. The van der Waals surface area contributed by atoms with E-state index >= 15 is 0 Å². The highest BCUT2D eigenvalue weighted by Gasteiger charge is 2.33. The third kappa shape index (κ3) is 5.68. The molecule has 0 saturated carbocycles. The average Bonchev–Trinajstić information content (AvgIpc) is 3.83. The Morgan fingerprint density at radius 3 is 2.44 bits per heavy atom.